The Balaban J connectivity index is 1.56. The molecule has 25 heavy (non-hydrogen) atoms. The first-order valence-electron chi connectivity index (χ1n) is 8.26. The molecule has 1 fully saturated rings. The van der Waals surface area contributed by atoms with Gasteiger partial charge in [-0.3, -0.25) is 19.8 Å². The third-order valence-corrected chi connectivity index (χ3v) is 4.36. The fraction of sp³-hybridized carbons (Fsp3) is 0.438. The number of fused-ring (bicyclic) bond motifs is 1. The van der Waals surface area contributed by atoms with E-state index in [0.717, 1.165) is 24.6 Å². The third kappa shape index (κ3) is 3.28. The van der Waals surface area contributed by atoms with Gasteiger partial charge in [-0.2, -0.15) is 10.1 Å². The molecule has 1 aliphatic heterocycles. The number of ether oxygens (including phenoxy) is 1. The molecular weight excluding hydrogens is 324 g/mol. The predicted molar refractivity (Wildman–Crippen MR) is 91.6 cm³/mol. The zero-order valence-electron chi connectivity index (χ0n) is 13.9. The lowest BCUT2D eigenvalue weighted by Gasteiger charge is -2.33. The van der Waals surface area contributed by atoms with E-state index in [1.807, 2.05) is 19.1 Å². The fourth-order valence-corrected chi connectivity index (χ4v) is 3.05. The molecule has 3 N–H and O–H groups in total. The molecule has 1 saturated heterocycles. The smallest absolute Gasteiger partial charge is 0.263 e. The van der Waals surface area contributed by atoms with Crippen LogP contribution >= 0.6 is 0 Å². The first-order chi connectivity index (χ1) is 12.2. The van der Waals surface area contributed by atoms with Gasteiger partial charge in [0.05, 0.1) is 25.5 Å². The quantitative estimate of drug-likeness (QED) is 0.634. The summed E-state index contributed by atoms with van der Waals surface area (Å²) in [5.74, 6) is 2.17. The van der Waals surface area contributed by atoms with Crippen molar-refractivity contribution >= 4 is 17.0 Å². The second-order valence-corrected chi connectivity index (χ2v) is 6.04. The van der Waals surface area contributed by atoms with Crippen LogP contribution in [0.3, 0.4) is 0 Å². The van der Waals surface area contributed by atoms with Gasteiger partial charge in [-0.15, -0.1) is 0 Å². The van der Waals surface area contributed by atoms with Crippen molar-refractivity contribution in [3.63, 3.8) is 0 Å². The number of morpholine rings is 1. The number of hydrogen-bond acceptors (Lipinski definition) is 7. The highest BCUT2D eigenvalue weighted by atomic mass is 16.5. The molecule has 132 valence electrons. The monoisotopic (exact) mass is 344 g/mol. The molecule has 1 atom stereocenters. The first kappa shape index (κ1) is 15.9. The van der Waals surface area contributed by atoms with Crippen molar-refractivity contribution in [3.05, 3.63) is 40.2 Å². The molecule has 0 aliphatic carbocycles. The molecule has 0 spiro atoms. The Bertz CT molecular complexity index is 908. The molecule has 4 rings (SSSR count). The van der Waals surface area contributed by atoms with Gasteiger partial charge in [0.1, 0.15) is 16.9 Å². The number of aromatic amines is 2. The molecule has 0 saturated carbocycles. The van der Waals surface area contributed by atoms with E-state index in [9.17, 15) is 4.79 Å². The standard InChI is InChI=1S/C16H20N6O3/c1-10-2-3-13(25-10)12(22-4-6-24-7-5-22)9-17-16-19-14-11(8-18-21-14)15(23)20-16/h2-3,8,12H,4-7,9H2,1H3,(H3,17,18,19,20,21,23)/t12-/m1/s1. The Labute approximate surface area is 143 Å². The minimum atomic E-state index is -0.224. The van der Waals surface area contributed by atoms with Crippen molar-refractivity contribution in [2.75, 3.05) is 38.2 Å². The molecule has 4 heterocycles. The minimum Gasteiger partial charge on any atom is -0.465 e. The summed E-state index contributed by atoms with van der Waals surface area (Å²) in [7, 11) is 0. The Morgan fingerprint density at radius 2 is 2.20 bits per heavy atom. The number of furan rings is 1. The topological polar surface area (TPSA) is 112 Å². The fourth-order valence-electron chi connectivity index (χ4n) is 3.05. The molecule has 0 radical (unpaired) electrons. The summed E-state index contributed by atoms with van der Waals surface area (Å²) < 4.78 is 11.3. The van der Waals surface area contributed by atoms with E-state index in [4.69, 9.17) is 9.15 Å². The molecule has 1 aliphatic rings. The van der Waals surface area contributed by atoms with Crippen molar-refractivity contribution in [1.29, 1.82) is 0 Å². The van der Waals surface area contributed by atoms with Crippen molar-refractivity contribution in [3.8, 4) is 0 Å². The summed E-state index contributed by atoms with van der Waals surface area (Å²) in [4.78, 5) is 21.4. The Morgan fingerprint density at radius 1 is 1.36 bits per heavy atom. The van der Waals surface area contributed by atoms with Crippen LogP contribution in [0.5, 0.6) is 0 Å². The van der Waals surface area contributed by atoms with Crippen molar-refractivity contribution < 1.29 is 9.15 Å². The SMILES string of the molecule is Cc1ccc([C@@H](CNc2nc3[nH]ncc3c(=O)[nH]2)N2CCOCC2)o1. The molecule has 0 unspecified atom stereocenters. The van der Waals surface area contributed by atoms with E-state index >= 15 is 0 Å². The third-order valence-electron chi connectivity index (χ3n) is 4.36. The molecule has 0 bridgehead atoms. The summed E-state index contributed by atoms with van der Waals surface area (Å²) in [5.41, 5.74) is 0.237. The van der Waals surface area contributed by atoms with Gasteiger partial charge in [0.15, 0.2) is 5.65 Å². The highest BCUT2D eigenvalue weighted by Gasteiger charge is 2.25. The first-order valence-corrected chi connectivity index (χ1v) is 8.26. The minimum absolute atomic E-state index is 0.0281. The highest BCUT2D eigenvalue weighted by Crippen LogP contribution is 2.24. The van der Waals surface area contributed by atoms with E-state index < -0.39 is 0 Å². The lowest BCUT2D eigenvalue weighted by atomic mass is 10.1. The van der Waals surface area contributed by atoms with E-state index in [1.54, 1.807) is 0 Å². The molecule has 0 amide bonds. The van der Waals surface area contributed by atoms with Crippen LogP contribution in [0.15, 0.2) is 27.5 Å². The largest absolute Gasteiger partial charge is 0.465 e. The van der Waals surface area contributed by atoms with Crippen LogP contribution in [0.1, 0.15) is 17.6 Å². The van der Waals surface area contributed by atoms with E-state index in [1.165, 1.54) is 6.20 Å². The maximum Gasteiger partial charge on any atom is 0.263 e. The number of aromatic nitrogens is 4. The molecule has 0 aromatic carbocycles. The summed E-state index contributed by atoms with van der Waals surface area (Å²) in [6, 6.07) is 3.98. The van der Waals surface area contributed by atoms with Crippen molar-refractivity contribution in [2.45, 2.75) is 13.0 Å². The van der Waals surface area contributed by atoms with Gasteiger partial charge < -0.3 is 14.5 Å². The molecule has 3 aromatic heterocycles. The number of hydrogen-bond donors (Lipinski definition) is 3. The van der Waals surface area contributed by atoms with Crippen LogP contribution in [0.25, 0.3) is 11.0 Å². The Morgan fingerprint density at radius 3 is 2.96 bits per heavy atom. The zero-order chi connectivity index (χ0) is 17.2. The molecule has 9 nitrogen and oxygen atoms in total. The lowest BCUT2D eigenvalue weighted by molar-refractivity contribution is 0.0143. The number of H-pyrrole nitrogens is 2. The molecular formula is C16H20N6O3. The van der Waals surface area contributed by atoms with Crippen LogP contribution in [-0.2, 0) is 4.74 Å². The van der Waals surface area contributed by atoms with Crippen LogP contribution in [-0.4, -0.2) is 57.9 Å². The number of anilines is 1. The van der Waals surface area contributed by atoms with Gasteiger partial charge in [-0.1, -0.05) is 0 Å². The maximum atomic E-state index is 12.0. The van der Waals surface area contributed by atoms with Gasteiger partial charge >= 0.3 is 0 Å². The normalized spacial score (nSPS) is 17.0. The summed E-state index contributed by atoms with van der Waals surface area (Å²) >= 11 is 0. The Hall–Kier alpha value is -2.65. The van der Waals surface area contributed by atoms with Crippen LogP contribution in [0.2, 0.25) is 0 Å². The van der Waals surface area contributed by atoms with Crippen molar-refractivity contribution in [2.24, 2.45) is 0 Å². The van der Waals surface area contributed by atoms with E-state index in [-0.39, 0.29) is 11.6 Å². The maximum absolute atomic E-state index is 12.0. The summed E-state index contributed by atoms with van der Waals surface area (Å²) in [6.45, 7) is 5.54. The molecule has 3 aromatic rings. The van der Waals surface area contributed by atoms with Gasteiger partial charge in [0.2, 0.25) is 5.95 Å². The van der Waals surface area contributed by atoms with Gasteiger partial charge in [-0.05, 0) is 19.1 Å². The van der Waals surface area contributed by atoms with Gasteiger partial charge in [0, 0.05) is 19.6 Å². The van der Waals surface area contributed by atoms with Crippen LogP contribution in [0.4, 0.5) is 5.95 Å². The summed E-state index contributed by atoms with van der Waals surface area (Å²) in [6.07, 6.45) is 1.47. The average molecular weight is 344 g/mol. The van der Waals surface area contributed by atoms with Gasteiger partial charge in [0.25, 0.3) is 5.56 Å². The number of nitrogens with zero attached hydrogens (tertiary/aromatic N) is 3. The second kappa shape index (κ2) is 6.69. The average Bonchev–Trinajstić information content (AvgIpc) is 3.25. The highest BCUT2D eigenvalue weighted by molar-refractivity contribution is 5.73. The number of rotatable bonds is 5. The van der Waals surface area contributed by atoms with E-state index in [2.05, 4.69) is 30.4 Å². The molecule has 9 heteroatoms. The second-order valence-electron chi connectivity index (χ2n) is 6.04. The van der Waals surface area contributed by atoms with Crippen LogP contribution < -0.4 is 10.9 Å². The summed E-state index contributed by atoms with van der Waals surface area (Å²) in [5, 5.41) is 10.2. The zero-order valence-corrected chi connectivity index (χ0v) is 13.9. The van der Waals surface area contributed by atoms with Crippen molar-refractivity contribution in [1.82, 2.24) is 25.1 Å². The Kier molecular flexibility index (Phi) is 4.24. The van der Waals surface area contributed by atoms with E-state index in [0.29, 0.717) is 36.7 Å². The lowest BCUT2D eigenvalue weighted by Crippen LogP contribution is -2.41. The predicted octanol–water partition coefficient (Wildman–Crippen LogP) is 1.03. The number of aryl methyl sites for hydroxylation is 1. The van der Waals surface area contributed by atoms with Gasteiger partial charge in [-0.25, -0.2) is 0 Å². The number of nitrogens with one attached hydrogen (secondary N) is 3. The van der Waals surface area contributed by atoms with Crippen LogP contribution in [0, 0.1) is 6.92 Å².